The summed E-state index contributed by atoms with van der Waals surface area (Å²) in [4.78, 5) is 11.4. The van der Waals surface area contributed by atoms with Crippen LogP contribution in [0.2, 0.25) is 0 Å². The summed E-state index contributed by atoms with van der Waals surface area (Å²) in [7, 11) is -3.62. The second kappa shape index (κ2) is 4.42. The van der Waals surface area contributed by atoms with E-state index in [9.17, 15) is 13.2 Å². The Balaban J connectivity index is 2.55. The van der Waals surface area contributed by atoms with E-state index in [1.165, 1.54) is 25.4 Å². The minimum Gasteiger partial charge on any atom is -0.294 e. The third-order valence-corrected chi connectivity index (χ3v) is 4.52. The van der Waals surface area contributed by atoms with E-state index in [1.54, 1.807) is 31.2 Å². The summed E-state index contributed by atoms with van der Waals surface area (Å²) in [6.07, 6.45) is 2.72. The Bertz CT molecular complexity index is 699. The number of Topliss-reactive ketones (excluding diaryl/α,β-unsaturated/α-hetero) is 1. The molecule has 94 valence electrons. The molecule has 2 aromatic rings. The van der Waals surface area contributed by atoms with E-state index in [4.69, 9.17) is 0 Å². The molecule has 5 heteroatoms. The van der Waals surface area contributed by atoms with Crippen molar-refractivity contribution in [1.82, 2.24) is 3.97 Å². The minimum absolute atomic E-state index is 0.159. The largest absolute Gasteiger partial charge is 0.294 e. The van der Waals surface area contributed by atoms with Gasteiger partial charge in [0.05, 0.1) is 4.90 Å². The Morgan fingerprint density at radius 3 is 2.39 bits per heavy atom. The monoisotopic (exact) mass is 263 g/mol. The number of benzene rings is 1. The third kappa shape index (κ3) is 2.09. The summed E-state index contributed by atoms with van der Waals surface area (Å²) < 4.78 is 25.8. The zero-order valence-electron chi connectivity index (χ0n) is 10.1. The van der Waals surface area contributed by atoms with Crippen LogP contribution in [0.3, 0.4) is 0 Å². The highest BCUT2D eigenvalue weighted by Crippen LogP contribution is 2.18. The molecule has 1 aromatic heterocycles. The van der Waals surface area contributed by atoms with Gasteiger partial charge in [0.15, 0.2) is 5.78 Å². The van der Waals surface area contributed by atoms with Gasteiger partial charge >= 0.3 is 0 Å². The lowest BCUT2D eigenvalue weighted by Gasteiger charge is -2.07. The van der Waals surface area contributed by atoms with Gasteiger partial charge in [0.2, 0.25) is 0 Å². The van der Waals surface area contributed by atoms with Crippen LogP contribution in [-0.4, -0.2) is 18.2 Å². The normalized spacial score (nSPS) is 11.4. The van der Waals surface area contributed by atoms with Gasteiger partial charge in [-0.25, -0.2) is 12.4 Å². The first kappa shape index (κ1) is 12.6. The van der Waals surface area contributed by atoms with Crippen molar-refractivity contribution in [2.45, 2.75) is 18.7 Å². The second-order valence-electron chi connectivity index (χ2n) is 4.06. The maximum atomic E-state index is 12.3. The van der Waals surface area contributed by atoms with E-state index < -0.39 is 10.0 Å². The molecular formula is C13H13NO3S. The molecule has 0 amide bonds. The second-order valence-corrected chi connectivity index (χ2v) is 5.87. The molecule has 0 spiro atoms. The molecule has 0 aliphatic carbocycles. The van der Waals surface area contributed by atoms with Gasteiger partial charge in [0, 0.05) is 18.0 Å². The SMILES string of the molecule is CC(=O)c1ccn(S(=O)(=O)c2ccccc2C)c1. The van der Waals surface area contributed by atoms with Crippen molar-refractivity contribution in [3.05, 3.63) is 53.9 Å². The molecule has 0 aliphatic heterocycles. The fourth-order valence-corrected chi connectivity index (χ4v) is 3.12. The molecule has 4 nitrogen and oxygen atoms in total. The van der Waals surface area contributed by atoms with Crippen molar-refractivity contribution in [2.75, 3.05) is 0 Å². The topological polar surface area (TPSA) is 56.1 Å². The van der Waals surface area contributed by atoms with Gasteiger partial charge in [-0.05, 0) is 31.5 Å². The number of nitrogens with zero attached hydrogens (tertiary/aromatic N) is 1. The molecule has 1 aromatic carbocycles. The Kier molecular flexibility index (Phi) is 3.09. The number of hydrogen-bond acceptors (Lipinski definition) is 3. The molecule has 1 heterocycles. The van der Waals surface area contributed by atoms with E-state index in [2.05, 4.69) is 0 Å². The number of carbonyl (C=O) groups is 1. The highest BCUT2D eigenvalue weighted by atomic mass is 32.2. The maximum Gasteiger partial charge on any atom is 0.267 e. The van der Waals surface area contributed by atoms with E-state index >= 15 is 0 Å². The smallest absolute Gasteiger partial charge is 0.267 e. The minimum atomic E-state index is -3.62. The molecule has 0 atom stereocenters. The fraction of sp³-hybridized carbons (Fsp3) is 0.154. The average Bonchev–Trinajstić information content (AvgIpc) is 2.79. The first-order chi connectivity index (χ1) is 8.43. The zero-order valence-corrected chi connectivity index (χ0v) is 10.9. The number of rotatable bonds is 3. The van der Waals surface area contributed by atoms with Gasteiger partial charge in [0.25, 0.3) is 10.0 Å². The summed E-state index contributed by atoms with van der Waals surface area (Å²) >= 11 is 0. The van der Waals surface area contributed by atoms with Gasteiger partial charge < -0.3 is 0 Å². The fourth-order valence-electron chi connectivity index (χ4n) is 1.69. The molecular weight excluding hydrogens is 250 g/mol. The number of aromatic nitrogens is 1. The van der Waals surface area contributed by atoms with Gasteiger partial charge in [-0.3, -0.25) is 4.79 Å². The lowest BCUT2D eigenvalue weighted by atomic mass is 10.2. The predicted molar refractivity (Wildman–Crippen MR) is 68.2 cm³/mol. The van der Waals surface area contributed by atoms with Crippen molar-refractivity contribution in [3.63, 3.8) is 0 Å². The van der Waals surface area contributed by atoms with Crippen LogP contribution in [0, 0.1) is 6.92 Å². The van der Waals surface area contributed by atoms with Crippen molar-refractivity contribution < 1.29 is 13.2 Å². The Morgan fingerprint density at radius 1 is 1.17 bits per heavy atom. The third-order valence-electron chi connectivity index (χ3n) is 2.72. The Hall–Kier alpha value is -1.88. The van der Waals surface area contributed by atoms with E-state index in [1.807, 2.05) is 0 Å². The molecule has 0 saturated carbocycles. The summed E-state index contributed by atoms with van der Waals surface area (Å²) in [6, 6.07) is 8.25. The van der Waals surface area contributed by atoms with Crippen LogP contribution in [0.4, 0.5) is 0 Å². The molecule has 0 saturated heterocycles. The lowest BCUT2D eigenvalue weighted by Crippen LogP contribution is -2.12. The molecule has 0 fully saturated rings. The summed E-state index contributed by atoms with van der Waals surface area (Å²) in [5.41, 5.74) is 1.06. The highest BCUT2D eigenvalue weighted by Gasteiger charge is 2.19. The first-order valence-electron chi connectivity index (χ1n) is 5.43. The van der Waals surface area contributed by atoms with Crippen molar-refractivity contribution in [1.29, 1.82) is 0 Å². The van der Waals surface area contributed by atoms with Crippen LogP contribution < -0.4 is 0 Å². The van der Waals surface area contributed by atoms with Gasteiger partial charge in [-0.15, -0.1) is 0 Å². The molecule has 0 N–H and O–H groups in total. The van der Waals surface area contributed by atoms with Gasteiger partial charge in [0.1, 0.15) is 0 Å². The van der Waals surface area contributed by atoms with Crippen LogP contribution in [0.5, 0.6) is 0 Å². The molecule has 0 aliphatic rings. The standard InChI is InChI=1S/C13H13NO3S/c1-10-5-3-4-6-13(10)18(16,17)14-8-7-12(9-14)11(2)15/h3-9H,1-2H3. The van der Waals surface area contributed by atoms with Crippen LogP contribution in [-0.2, 0) is 10.0 Å². The molecule has 18 heavy (non-hydrogen) atoms. The predicted octanol–water partition coefficient (Wildman–Crippen LogP) is 2.24. The molecule has 0 radical (unpaired) electrons. The van der Waals surface area contributed by atoms with Gasteiger partial charge in [-0.1, -0.05) is 18.2 Å². The zero-order chi connectivity index (χ0) is 13.3. The molecule has 2 rings (SSSR count). The number of carbonyl (C=O) groups excluding carboxylic acids is 1. The van der Waals surface area contributed by atoms with Crippen LogP contribution in [0.15, 0.2) is 47.6 Å². The number of ketones is 1. The molecule has 0 bridgehead atoms. The maximum absolute atomic E-state index is 12.3. The summed E-state index contributed by atoms with van der Waals surface area (Å²) in [5, 5.41) is 0. The average molecular weight is 263 g/mol. The Morgan fingerprint density at radius 2 is 1.83 bits per heavy atom. The first-order valence-corrected chi connectivity index (χ1v) is 6.87. The Labute approximate surface area is 106 Å². The van der Waals surface area contributed by atoms with Crippen LogP contribution in [0.1, 0.15) is 22.8 Å². The van der Waals surface area contributed by atoms with Crippen molar-refractivity contribution in [2.24, 2.45) is 0 Å². The van der Waals surface area contributed by atoms with E-state index in [-0.39, 0.29) is 10.7 Å². The van der Waals surface area contributed by atoms with E-state index in [0.717, 1.165) is 3.97 Å². The number of hydrogen-bond donors (Lipinski definition) is 0. The van der Waals surface area contributed by atoms with Crippen molar-refractivity contribution in [3.8, 4) is 0 Å². The lowest BCUT2D eigenvalue weighted by molar-refractivity contribution is 0.101. The van der Waals surface area contributed by atoms with Gasteiger partial charge in [-0.2, -0.15) is 0 Å². The summed E-state index contributed by atoms with van der Waals surface area (Å²) in [6.45, 7) is 3.14. The quantitative estimate of drug-likeness (QED) is 0.798. The summed E-state index contributed by atoms with van der Waals surface area (Å²) in [5.74, 6) is -0.159. The number of aryl methyl sites for hydroxylation is 1. The highest BCUT2D eigenvalue weighted by molar-refractivity contribution is 7.90. The van der Waals surface area contributed by atoms with Crippen molar-refractivity contribution >= 4 is 15.8 Å². The molecule has 0 unspecified atom stereocenters. The van der Waals surface area contributed by atoms with Crippen LogP contribution in [0.25, 0.3) is 0 Å². The van der Waals surface area contributed by atoms with E-state index in [0.29, 0.717) is 11.1 Å². The van der Waals surface area contributed by atoms with Crippen LogP contribution >= 0.6 is 0 Å².